The summed E-state index contributed by atoms with van der Waals surface area (Å²) in [6, 6.07) is 9.39. The summed E-state index contributed by atoms with van der Waals surface area (Å²) in [5.74, 6) is 1.41. The molecule has 1 aliphatic rings. The van der Waals surface area contributed by atoms with Gasteiger partial charge in [0.25, 0.3) is 5.91 Å². The third-order valence-corrected chi connectivity index (χ3v) is 4.12. The highest BCUT2D eigenvalue weighted by Crippen LogP contribution is 2.34. The monoisotopic (exact) mass is 327 g/mol. The molecule has 2 amide bonds. The van der Waals surface area contributed by atoms with Gasteiger partial charge in [-0.25, -0.2) is 0 Å². The maximum atomic E-state index is 12.9. The summed E-state index contributed by atoms with van der Waals surface area (Å²) in [6.07, 6.45) is -0.321. The van der Waals surface area contributed by atoms with Crippen LogP contribution in [0.2, 0.25) is 0 Å². The van der Waals surface area contributed by atoms with Gasteiger partial charge in [0.15, 0.2) is 0 Å². The maximum absolute atomic E-state index is 12.9. The number of carbonyl (C=O) groups is 2. The predicted molar refractivity (Wildman–Crippen MR) is 90.7 cm³/mol. The lowest BCUT2D eigenvalue weighted by molar-refractivity contribution is -0.119. The molecule has 0 aliphatic carbocycles. The first-order valence-electron chi connectivity index (χ1n) is 7.95. The molecule has 6 nitrogen and oxygen atoms in total. The second-order valence-electron chi connectivity index (χ2n) is 5.94. The Morgan fingerprint density at radius 2 is 2.08 bits per heavy atom. The van der Waals surface area contributed by atoms with Crippen LogP contribution in [0.3, 0.4) is 0 Å². The third kappa shape index (κ3) is 2.99. The molecule has 6 heteroatoms. The largest absolute Gasteiger partial charge is 0.466 e. The van der Waals surface area contributed by atoms with Gasteiger partial charge in [-0.05, 0) is 32.0 Å². The molecular formula is C18H21N3O3. The number of carbonyl (C=O) groups excluding carboxylic acids is 2. The van der Waals surface area contributed by atoms with E-state index in [1.54, 1.807) is 11.0 Å². The quantitative estimate of drug-likeness (QED) is 0.905. The Bertz CT molecular complexity index is 782. The van der Waals surface area contributed by atoms with Gasteiger partial charge >= 0.3 is 0 Å². The van der Waals surface area contributed by atoms with Gasteiger partial charge in [-0.15, -0.1) is 0 Å². The lowest BCUT2D eigenvalue weighted by Crippen LogP contribution is -2.46. The van der Waals surface area contributed by atoms with Gasteiger partial charge in [-0.2, -0.15) is 0 Å². The van der Waals surface area contributed by atoms with Crippen LogP contribution in [0, 0.1) is 13.8 Å². The van der Waals surface area contributed by atoms with Gasteiger partial charge in [-0.1, -0.05) is 12.1 Å². The number of benzene rings is 1. The van der Waals surface area contributed by atoms with E-state index in [9.17, 15) is 9.59 Å². The summed E-state index contributed by atoms with van der Waals surface area (Å²) in [5, 5.41) is 6.16. The number of nitrogens with zero attached hydrogens (tertiary/aromatic N) is 1. The van der Waals surface area contributed by atoms with Crippen LogP contribution in [-0.4, -0.2) is 29.8 Å². The summed E-state index contributed by atoms with van der Waals surface area (Å²) >= 11 is 0. The minimum absolute atomic E-state index is 0.0574. The molecule has 0 radical (unpaired) electrons. The van der Waals surface area contributed by atoms with E-state index in [2.05, 4.69) is 10.6 Å². The number of fused-ring (bicyclic) bond motifs is 1. The van der Waals surface area contributed by atoms with Gasteiger partial charge in [-0.3, -0.25) is 9.59 Å². The molecule has 1 atom stereocenters. The van der Waals surface area contributed by atoms with Crippen molar-refractivity contribution in [3.8, 4) is 0 Å². The first-order chi connectivity index (χ1) is 11.5. The summed E-state index contributed by atoms with van der Waals surface area (Å²) in [4.78, 5) is 25.8. The first kappa shape index (κ1) is 16.1. The van der Waals surface area contributed by atoms with Crippen molar-refractivity contribution >= 4 is 17.5 Å². The smallest absolute Gasteiger partial charge is 0.257 e. The normalized spacial score (nSPS) is 16.5. The van der Waals surface area contributed by atoms with Crippen LogP contribution >= 0.6 is 0 Å². The Hall–Kier alpha value is -2.76. The van der Waals surface area contributed by atoms with Gasteiger partial charge in [0, 0.05) is 31.3 Å². The molecule has 0 saturated carbocycles. The molecule has 2 N–H and O–H groups in total. The average Bonchev–Trinajstić information content (AvgIpc) is 2.87. The molecule has 3 rings (SSSR count). The highest BCUT2D eigenvalue weighted by atomic mass is 16.3. The molecule has 2 aromatic rings. The Morgan fingerprint density at radius 3 is 2.75 bits per heavy atom. The SMILES string of the molecule is CC(=O)NCCN1C(=O)c2ccccc2N[C@H]1c1cc(C)oc1C. The standard InChI is InChI=1S/C18H21N3O3/c1-11-10-15(12(2)24-11)17-20-16-7-5-4-6-14(16)18(23)21(17)9-8-19-13(3)22/h4-7,10,17,20H,8-9H2,1-3H3,(H,19,22)/t17-/m1/s1. The fourth-order valence-corrected chi connectivity index (χ4v) is 3.04. The van der Waals surface area contributed by atoms with E-state index in [0.29, 0.717) is 18.7 Å². The molecule has 0 fully saturated rings. The van der Waals surface area contributed by atoms with Gasteiger partial charge in [0.05, 0.1) is 5.56 Å². The second-order valence-corrected chi connectivity index (χ2v) is 5.94. The lowest BCUT2D eigenvalue weighted by Gasteiger charge is -2.37. The van der Waals surface area contributed by atoms with Crippen LogP contribution in [0.4, 0.5) is 5.69 Å². The Morgan fingerprint density at radius 1 is 1.33 bits per heavy atom. The number of rotatable bonds is 4. The molecule has 126 valence electrons. The summed E-state index contributed by atoms with van der Waals surface area (Å²) in [7, 11) is 0. The molecule has 1 aromatic heterocycles. The van der Waals surface area contributed by atoms with E-state index in [0.717, 1.165) is 22.8 Å². The molecule has 2 heterocycles. The van der Waals surface area contributed by atoms with Gasteiger partial charge < -0.3 is 20.0 Å². The van der Waals surface area contributed by atoms with E-state index in [4.69, 9.17) is 4.42 Å². The number of anilines is 1. The van der Waals surface area contributed by atoms with Crippen LogP contribution in [-0.2, 0) is 4.79 Å². The van der Waals surface area contributed by atoms with Crippen molar-refractivity contribution in [3.63, 3.8) is 0 Å². The lowest BCUT2D eigenvalue weighted by atomic mass is 10.0. The van der Waals surface area contributed by atoms with Crippen LogP contribution in [0.15, 0.2) is 34.7 Å². The molecular weight excluding hydrogens is 306 g/mol. The van der Waals surface area contributed by atoms with Crippen LogP contribution < -0.4 is 10.6 Å². The van der Waals surface area contributed by atoms with Crippen molar-refractivity contribution in [1.29, 1.82) is 0 Å². The highest BCUT2D eigenvalue weighted by molar-refractivity contribution is 6.01. The molecule has 1 aliphatic heterocycles. The molecule has 0 unspecified atom stereocenters. The number of para-hydroxylation sites is 1. The number of amides is 2. The number of nitrogens with one attached hydrogen (secondary N) is 2. The Labute approximate surface area is 140 Å². The van der Waals surface area contributed by atoms with Crippen molar-refractivity contribution in [2.24, 2.45) is 0 Å². The topological polar surface area (TPSA) is 74.6 Å². The average molecular weight is 327 g/mol. The minimum atomic E-state index is -0.321. The number of furan rings is 1. The fraction of sp³-hybridized carbons (Fsp3) is 0.333. The molecule has 0 spiro atoms. The number of hydrogen-bond acceptors (Lipinski definition) is 4. The van der Waals surface area contributed by atoms with E-state index in [1.807, 2.05) is 38.1 Å². The summed E-state index contributed by atoms with van der Waals surface area (Å²) in [6.45, 7) is 6.05. The molecule has 0 saturated heterocycles. The fourth-order valence-electron chi connectivity index (χ4n) is 3.04. The van der Waals surface area contributed by atoms with E-state index < -0.39 is 0 Å². The zero-order valence-electron chi connectivity index (χ0n) is 14.1. The van der Waals surface area contributed by atoms with Gasteiger partial charge in [0.2, 0.25) is 5.91 Å². The number of aryl methyl sites for hydroxylation is 2. The van der Waals surface area contributed by atoms with Crippen molar-refractivity contribution in [3.05, 3.63) is 53.0 Å². The van der Waals surface area contributed by atoms with Crippen molar-refractivity contribution < 1.29 is 14.0 Å². The van der Waals surface area contributed by atoms with Crippen LogP contribution in [0.25, 0.3) is 0 Å². The first-order valence-corrected chi connectivity index (χ1v) is 7.95. The highest BCUT2D eigenvalue weighted by Gasteiger charge is 2.34. The summed E-state index contributed by atoms with van der Waals surface area (Å²) < 4.78 is 5.63. The molecule has 24 heavy (non-hydrogen) atoms. The van der Waals surface area contributed by atoms with Crippen molar-refractivity contribution in [2.45, 2.75) is 26.9 Å². The van der Waals surface area contributed by atoms with E-state index >= 15 is 0 Å². The van der Waals surface area contributed by atoms with Crippen molar-refractivity contribution in [1.82, 2.24) is 10.2 Å². The van der Waals surface area contributed by atoms with Crippen LogP contribution in [0.1, 0.15) is 40.5 Å². The predicted octanol–water partition coefficient (Wildman–Crippen LogP) is 2.60. The maximum Gasteiger partial charge on any atom is 0.257 e. The van der Waals surface area contributed by atoms with Gasteiger partial charge in [0.1, 0.15) is 17.7 Å². The third-order valence-electron chi connectivity index (χ3n) is 4.12. The zero-order valence-corrected chi connectivity index (χ0v) is 14.1. The second kappa shape index (κ2) is 6.39. The van der Waals surface area contributed by atoms with E-state index in [1.165, 1.54) is 6.92 Å². The zero-order chi connectivity index (χ0) is 17.3. The van der Waals surface area contributed by atoms with Crippen molar-refractivity contribution in [2.75, 3.05) is 18.4 Å². The Kier molecular flexibility index (Phi) is 4.29. The summed E-state index contributed by atoms with van der Waals surface area (Å²) in [5.41, 5.74) is 2.37. The molecule has 0 bridgehead atoms. The number of hydrogen-bond donors (Lipinski definition) is 2. The molecule has 1 aromatic carbocycles. The minimum Gasteiger partial charge on any atom is -0.466 e. The van der Waals surface area contributed by atoms with Crippen LogP contribution in [0.5, 0.6) is 0 Å². The Balaban J connectivity index is 1.95. The van der Waals surface area contributed by atoms with E-state index in [-0.39, 0.29) is 18.0 Å².